The van der Waals surface area contributed by atoms with Crippen LogP contribution in [0.5, 0.6) is 5.75 Å². The molecule has 1 unspecified atom stereocenters. The van der Waals surface area contributed by atoms with Crippen molar-refractivity contribution in [3.63, 3.8) is 0 Å². The molecule has 9 heteroatoms. The largest absolute Gasteiger partial charge is 0.497 e. The van der Waals surface area contributed by atoms with Crippen molar-refractivity contribution in [2.24, 2.45) is 0 Å². The molecule has 0 aliphatic carbocycles. The Labute approximate surface area is 116 Å². The van der Waals surface area contributed by atoms with Gasteiger partial charge < -0.3 is 9.84 Å². The Balaban J connectivity index is 3.27. The van der Waals surface area contributed by atoms with Crippen LogP contribution in [0, 0.1) is 10.1 Å². The average Bonchev–Trinajstić information content (AvgIpc) is 2.43. The highest BCUT2D eigenvalue weighted by Crippen LogP contribution is 2.28. The van der Waals surface area contributed by atoms with Gasteiger partial charge in [-0.25, -0.2) is 13.1 Å². The van der Waals surface area contributed by atoms with E-state index in [1.54, 1.807) is 6.92 Å². The minimum Gasteiger partial charge on any atom is -0.497 e. The molecule has 0 saturated carbocycles. The van der Waals surface area contributed by atoms with E-state index in [0.717, 1.165) is 12.1 Å². The smallest absolute Gasteiger partial charge is 0.293 e. The maximum absolute atomic E-state index is 12.1. The molecule has 8 nitrogen and oxygen atoms in total. The number of nitro groups is 1. The number of rotatable bonds is 7. The van der Waals surface area contributed by atoms with Gasteiger partial charge >= 0.3 is 0 Å². The third-order valence-electron chi connectivity index (χ3n) is 2.69. The highest BCUT2D eigenvalue weighted by Gasteiger charge is 2.28. The molecule has 0 aliphatic rings. The molecular weight excluding hydrogens is 288 g/mol. The third-order valence-corrected chi connectivity index (χ3v) is 4.26. The number of methoxy groups -OCH3 is 1. The lowest BCUT2D eigenvalue weighted by atomic mass is 10.3. The fourth-order valence-electron chi connectivity index (χ4n) is 1.53. The summed E-state index contributed by atoms with van der Waals surface area (Å²) in [7, 11) is -2.77. The van der Waals surface area contributed by atoms with E-state index < -0.39 is 31.6 Å². The van der Waals surface area contributed by atoms with E-state index in [-0.39, 0.29) is 12.4 Å². The summed E-state index contributed by atoms with van der Waals surface area (Å²) in [4.78, 5) is 9.71. The highest BCUT2D eigenvalue weighted by atomic mass is 32.2. The first-order chi connectivity index (χ1) is 9.35. The van der Waals surface area contributed by atoms with Gasteiger partial charge in [-0.1, -0.05) is 6.92 Å². The van der Waals surface area contributed by atoms with Crippen LogP contribution in [-0.4, -0.2) is 38.2 Å². The number of hydrogen-bond acceptors (Lipinski definition) is 6. The van der Waals surface area contributed by atoms with Crippen LogP contribution in [0.15, 0.2) is 23.1 Å². The van der Waals surface area contributed by atoms with Crippen LogP contribution < -0.4 is 9.46 Å². The number of aliphatic hydroxyl groups is 1. The van der Waals surface area contributed by atoms with E-state index >= 15 is 0 Å². The molecule has 2 N–H and O–H groups in total. The minimum atomic E-state index is -4.09. The third kappa shape index (κ3) is 3.65. The second-order valence-electron chi connectivity index (χ2n) is 4.00. The van der Waals surface area contributed by atoms with Crippen LogP contribution in [0.25, 0.3) is 0 Å². The molecule has 0 radical (unpaired) electrons. The van der Waals surface area contributed by atoms with Crippen molar-refractivity contribution in [1.29, 1.82) is 0 Å². The Morgan fingerprint density at radius 1 is 1.50 bits per heavy atom. The number of nitrogens with one attached hydrogen (secondary N) is 1. The summed E-state index contributed by atoms with van der Waals surface area (Å²) >= 11 is 0. The van der Waals surface area contributed by atoms with Crippen LogP contribution in [0.4, 0.5) is 5.69 Å². The van der Waals surface area contributed by atoms with Gasteiger partial charge in [-0.05, 0) is 18.6 Å². The molecule has 0 heterocycles. The average molecular weight is 304 g/mol. The van der Waals surface area contributed by atoms with Crippen molar-refractivity contribution in [3.8, 4) is 5.75 Å². The molecule has 0 fully saturated rings. The summed E-state index contributed by atoms with van der Waals surface area (Å²) < 4.78 is 31.3. The predicted octanol–water partition coefficient (Wildman–Crippen LogP) is 0.653. The molecule has 1 aromatic rings. The van der Waals surface area contributed by atoms with E-state index in [4.69, 9.17) is 9.84 Å². The van der Waals surface area contributed by atoms with E-state index in [1.807, 2.05) is 0 Å². The zero-order valence-electron chi connectivity index (χ0n) is 11.1. The first-order valence-corrected chi connectivity index (χ1v) is 7.29. The molecule has 1 rings (SSSR count). The normalized spacial score (nSPS) is 12.9. The second kappa shape index (κ2) is 6.64. The Morgan fingerprint density at radius 3 is 2.60 bits per heavy atom. The molecule has 0 spiro atoms. The van der Waals surface area contributed by atoms with Crippen LogP contribution in [0.3, 0.4) is 0 Å². The number of hydrogen-bond donors (Lipinski definition) is 2. The van der Waals surface area contributed by atoms with Gasteiger partial charge in [0.05, 0.1) is 24.7 Å². The lowest BCUT2D eigenvalue weighted by Crippen LogP contribution is -2.37. The van der Waals surface area contributed by atoms with Gasteiger partial charge in [-0.3, -0.25) is 10.1 Å². The van der Waals surface area contributed by atoms with Crippen molar-refractivity contribution >= 4 is 15.7 Å². The van der Waals surface area contributed by atoms with E-state index in [9.17, 15) is 18.5 Å². The summed E-state index contributed by atoms with van der Waals surface area (Å²) in [6.45, 7) is 1.30. The second-order valence-corrected chi connectivity index (χ2v) is 5.68. The zero-order valence-corrected chi connectivity index (χ0v) is 11.9. The Morgan fingerprint density at radius 2 is 2.15 bits per heavy atom. The van der Waals surface area contributed by atoms with Gasteiger partial charge in [0, 0.05) is 6.04 Å². The monoisotopic (exact) mass is 304 g/mol. The number of aliphatic hydroxyl groups excluding tert-OH is 1. The van der Waals surface area contributed by atoms with Crippen molar-refractivity contribution in [1.82, 2.24) is 4.72 Å². The lowest BCUT2D eigenvalue weighted by molar-refractivity contribution is -0.387. The first-order valence-electron chi connectivity index (χ1n) is 5.81. The molecular formula is C11H16N2O6S. The van der Waals surface area contributed by atoms with Crippen molar-refractivity contribution < 1.29 is 23.2 Å². The number of sulfonamides is 1. The van der Waals surface area contributed by atoms with Crippen molar-refractivity contribution in [2.75, 3.05) is 13.7 Å². The van der Waals surface area contributed by atoms with Crippen LogP contribution in [0.2, 0.25) is 0 Å². The lowest BCUT2D eigenvalue weighted by Gasteiger charge is -2.14. The number of ether oxygens (including phenoxy) is 1. The summed E-state index contributed by atoms with van der Waals surface area (Å²) in [5, 5.41) is 20.0. The number of nitro benzene ring substituents is 1. The summed E-state index contributed by atoms with van der Waals surface area (Å²) in [5.41, 5.74) is -0.579. The maximum atomic E-state index is 12.1. The van der Waals surface area contributed by atoms with E-state index in [2.05, 4.69) is 4.72 Å². The Kier molecular flexibility index (Phi) is 5.43. The maximum Gasteiger partial charge on any atom is 0.293 e. The van der Waals surface area contributed by atoms with Gasteiger partial charge in [-0.15, -0.1) is 0 Å². The standard InChI is InChI=1S/C11H16N2O6S/c1-3-8(7-14)12-20(17,18)11-5-4-9(19-2)6-10(11)13(15)16/h4-6,8,12,14H,3,7H2,1-2H3. The van der Waals surface area contributed by atoms with E-state index in [0.29, 0.717) is 6.42 Å². The number of benzene rings is 1. The number of nitrogens with zero attached hydrogens (tertiary/aromatic N) is 1. The fraction of sp³-hybridized carbons (Fsp3) is 0.455. The molecule has 20 heavy (non-hydrogen) atoms. The van der Waals surface area contributed by atoms with Gasteiger partial charge in [0.2, 0.25) is 10.0 Å². The molecule has 0 aliphatic heterocycles. The Bertz CT molecular complexity index is 583. The summed E-state index contributed by atoms with van der Waals surface area (Å²) in [6.07, 6.45) is 0.361. The first kappa shape index (κ1) is 16.3. The molecule has 0 amide bonds. The van der Waals surface area contributed by atoms with Gasteiger partial charge in [0.25, 0.3) is 5.69 Å². The molecule has 1 aromatic carbocycles. The van der Waals surface area contributed by atoms with Gasteiger partial charge in [0.1, 0.15) is 5.75 Å². The van der Waals surface area contributed by atoms with Crippen LogP contribution in [-0.2, 0) is 10.0 Å². The van der Waals surface area contributed by atoms with Gasteiger partial charge in [0.15, 0.2) is 4.90 Å². The summed E-state index contributed by atoms with van der Waals surface area (Å²) in [5.74, 6) is 0.185. The molecule has 0 bridgehead atoms. The van der Waals surface area contributed by atoms with Gasteiger partial charge in [-0.2, -0.15) is 0 Å². The zero-order chi connectivity index (χ0) is 15.3. The summed E-state index contributed by atoms with van der Waals surface area (Å²) in [6, 6.07) is 2.76. The van der Waals surface area contributed by atoms with E-state index in [1.165, 1.54) is 13.2 Å². The van der Waals surface area contributed by atoms with Crippen LogP contribution in [0.1, 0.15) is 13.3 Å². The topological polar surface area (TPSA) is 119 Å². The minimum absolute atomic E-state index is 0.185. The highest BCUT2D eigenvalue weighted by molar-refractivity contribution is 7.89. The molecule has 0 aromatic heterocycles. The van der Waals surface area contributed by atoms with Crippen molar-refractivity contribution in [3.05, 3.63) is 28.3 Å². The molecule has 112 valence electrons. The Hall–Kier alpha value is -1.71. The van der Waals surface area contributed by atoms with Crippen LogP contribution >= 0.6 is 0 Å². The molecule has 1 atom stereocenters. The quantitative estimate of drug-likeness (QED) is 0.564. The predicted molar refractivity (Wildman–Crippen MR) is 71.1 cm³/mol. The van der Waals surface area contributed by atoms with Crippen molar-refractivity contribution in [2.45, 2.75) is 24.3 Å². The SMILES string of the molecule is CCC(CO)NS(=O)(=O)c1ccc(OC)cc1[N+](=O)[O-]. The fourth-order valence-corrected chi connectivity index (χ4v) is 2.99. The molecule has 0 saturated heterocycles.